The van der Waals surface area contributed by atoms with E-state index in [0.717, 1.165) is 42.2 Å². The van der Waals surface area contributed by atoms with Crippen LogP contribution in [0.15, 0.2) is 30.5 Å². The predicted molar refractivity (Wildman–Crippen MR) is 104 cm³/mol. The van der Waals surface area contributed by atoms with Crippen LogP contribution in [-0.4, -0.2) is 69.3 Å². The minimum atomic E-state index is -2.94. The third-order valence-corrected chi connectivity index (χ3v) is 4.99. The van der Waals surface area contributed by atoms with Crippen LogP contribution in [0.1, 0.15) is 12.0 Å². The topological polar surface area (TPSA) is 87.3 Å². The zero-order valence-electron chi connectivity index (χ0n) is 15.7. The number of ether oxygens (including phenoxy) is 1. The Balaban J connectivity index is 1.93. The highest BCUT2D eigenvalue weighted by atomic mass is 32.2. The summed E-state index contributed by atoms with van der Waals surface area (Å²) in [5.41, 5.74) is 3.10. The fourth-order valence-corrected chi connectivity index (χ4v) is 3.22. The number of sulfone groups is 1. The maximum atomic E-state index is 11.1. The van der Waals surface area contributed by atoms with Crippen LogP contribution in [0.4, 0.5) is 0 Å². The molecule has 0 spiro atoms. The Morgan fingerprint density at radius 1 is 1.27 bits per heavy atom. The van der Waals surface area contributed by atoms with Crippen LogP contribution < -0.4 is 10.1 Å². The van der Waals surface area contributed by atoms with Crippen molar-refractivity contribution in [2.45, 2.75) is 13.0 Å². The van der Waals surface area contributed by atoms with E-state index < -0.39 is 9.84 Å². The molecular weight excluding hydrogens is 352 g/mol. The average molecular weight is 381 g/mol. The molecule has 0 atom stereocenters. The van der Waals surface area contributed by atoms with Gasteiger partial charge in [0.1, 0.15) is 15.6 Å². The molecule has 0 amide bonds. The lowest BCUT2D eigenvalue weighted by molar-refractivity contribution is 0.318. The van der Waals surface area contributed by atoms with Crippen molar-refractivity contribution < 1.29 is 13.2 Å². The van der Waals surface area contributed by atoms with Gasteiger partial charge in [0.2, 0.25) is 0 Å². The first-order valence-corrected chi connectivity index (χ1v) is 10.7. The van der Waals surface area contributed by atoms with E-state index in [1.807, 2.05) is 37.5 Å². The minimum absolute atomic E-state index is 0.142. The lowest BCUT2D eigenvalue weighted by Crippen LogP contribution is -2.26. The van der Waals surface area contributed by atoms with E-state index >= 15 is 0 Å². The first-order valence-electron chi connectivity index (χ1n) is 8.66. The van der Waals surface area contributed by atoms with Crippen LogP contribution in [0.3, 0.4) is 0 Å². The second-order valence-corrected chi connectivity index (χ2v) is 8.72. The molecule has 0 aliphatic rings. The molecule has 0 radical (unpaired) electrons. The maximum absolute atomic E-state index is 11.1. The smallest absolute Gasteiger partial charge is 0.147 e. The van der Waals surface area contributed by atoms with E-state index in [1.165, 1.54) is 6.26 Å². The van der Waals surface area contributed by atoms with Gasteiger partial charge in [-0.05, 0) is 44.8 Å². The van der Waals surface area contributed by atoms with Crippen molar-refractivity contribution in [3.8, 4) is 17.0 Å². The van der Waals surface area contributed by atoms with Crippen molar-refractivity contribution in [1.29, 1.82) is 0 Å². The summed E-state index contributed by atoms with van der Waals surface area (Å²) in [5.74, 6) is 0.869. The van der Waals surface area contributed by atoms with Gasteiger partial charge in [0.15, 0.2) is 0 Å². The molecule has 144 valence electrons. The molecule has 0 fully saturated rings. The summed E-state index contributed by atoms with van der Waals surface area (Å²) in [6, 6.07) is 7.72. The molecule has 1 aromatic carbocycles. The standard InChI is InChI=1S/C18H28N4O3S/c1-19-9-10-22(2)14-16-13-20-21-18(16)15-5-7-17(8-6-15)25-11-4-12-26(3,23)24/h5-8,13,19H,4,9-12,14H2,1-3H3,(H,20,21). The van der Waals surface area contributed by atoms with Gasteiger partial charge in [-0.1, -0.05) is 0 Å². The van der Waals surface area contributed by atoms with Crippen LogP contribution >= 0.6 is 0 Å². The van der Waals surface area contributed by atoms with E-state index in [1.54, 1.807) is 0 Å². The Bertz CT molecular complexity index is 772. The number of hydrogen-bond donors (Lipinski definition) is 2. The van der Waals surface area contributed by atoms with Crippen molar-refractivity contribution >= 4 is 9.84 Å². The Morgan fingerprint density at radius 2 is 2.00 bits per heavy atom. The minimum Gasteiger partial charge on any atom is -0.494 e. The third-order valence-electron chi connectivity index (χ3n) is 3.96. The molecule has 1 heterocycles. The number of H-pyrrole nitrogens is 1. The van der Waals surface area contributed by atoms with E-state index in [2.05, 4.69) is 27.5 Å². The normalized spacial score (nSPS) is 11.8. The maximum Gasteiger partial charge on any atom is 0.147 e. The monoisotopic (exact) mass is 380 g/mol. The van der Waals surface area contributed by atoms with Crippen LogP contribution in [0.5, 0.6) is 5.75 Å². The SMILES string of the molecule is CNCCN(C)Cc1c[nH]nc1-c1ccc(OCCCS(C)(=O)=O)cc1. The highest BCUT2D eigenvalue weighted by Crippen LogP contribution is 2.24. The lowest BCUT2D eigenvalue weighted by Gasteiger charge is -2.16. The number of nitrogens with one attached hydrogen (secondary N) is 2. The molecule has 1 aromatic heterocycles. The van der Waals surface area contributed by atoms with Gasteiger partial charge in [0.25, 0.3) is 0 Å². The van der Waals surface area contributed by atoms with Crippen LogP contribution in [-0.2, 0) is 16.4 Å². The van der Waals surface area contributed by atoms with E-state index in [9.17, 15) is 8.42 Å². The summed E-state index contributed by atoms with van der Waals surface area (Å²) >= 11 is 0. The molecule has 2 rings (SSSR count). The zero-order chi connectivity index (χ0) is 19.0. The molecule has 0 unspecified atom stereocenters. The van der Waals surface area contributed by atoms with Gasteiger partial charge in [-0.15, -0.1) is 0 Å². The molecule has 8 heteroatoms. The second-order valence-electron chi connectivity index (χ2n) is 6.46. The number of aromatic nitrogens is 2. The quantitative estimate of drug-likeness (QED) is 0.575. The fourth-order valence-electron chi connectivity index (χ4n) is 2.58. The molecule has 0 aliphatic heterocycles. The van der Waals surface area contributed by atoms with Crippen molar-refractivity contribution in [2.24, 2.45) is 0 Å². The number of nitrogens with zero attached hydrogens (tertiary/aromatic N) is 2. The molecular formula is C18H28N4O3S. The van der Waals surface area contributed by atoms with Gasteiger partial charge in [-0.3, -0.25) is 5.10 Å². The number of rotatable bonds is 11. The summed E-state index contributed by atoms with van der Waals surface area (Å²) in [7, 11) is 1.10. The molecule has 26 heavy (non-hydrogen) atoms. The van der Waals surface area contributed by atoms with Crippen molar-refractivity contribution in [1.82, 2.24) is 20.4 Å². The largest absolute Gasteiger partial charge is 0.494 e. The van der Waals surface area contributed by atoms with Crippen LogP contribution in [0, 0.1) is 0 Å². The zero-order valence-corrected chi connectivity index (χ0v) is 16.5. The Hall–Kier alpha value is -1.90. The van der Waals surface area contributed by atoms with E-state index in [4.69, 9.17) is 4.74 Å². The highest BCUT2D eigenvalue weighted by Gasteiger charge is 2.11. The third kappa shape index (κ3) is 6.78. The van der Waals surface area contributed by atoms with Gasteiger partial charge in [-0.25, -0.2) is 8.42 Å². The number of aromatic amines is 1. The molecule has 2 N–H and O–H groups in total. The first kappa shape index (κ1) is 20.4. The van der Waals surface area contributed by atoms with Gasteiger partial charge >= 0.3 is 0 Å². The molecule has 0 saturated heterocycles. The number of benzene rings is 1. The molecule has 0 bridgehead atoms. The van der Waals surface area contributed by atoms with Gasteiger partial charge < -0.3 is 15.0 Å². The summed E-state index contributed by atoms with van der Waals surface area (Å²) in [6.45, 7) is 3.10. The Labute approximate surface area is 155 Å². The van der Waals surface area contributed by atoms with Gasteiger partial charge in [0, 0.05) is 43.2 Å². The first-order chi connectivity index (χ1) is 12.4. The average Bonchev–Trinajstić information content (AvgIpc) is 3.04. The van der Waals surface area contributed by atoms with Gasteiger partial charge in [0.05, 0.1) is 18.1 Å². The molecule has 0 aliphatic carbocycles. The molecule has 0 saturated carbocycles. The Morgan fingerprint density at radius 3 is 2.65 bits per heavy atom. The summed E-state index contributed by atoms with van der Waals surface area (Å²) in [6.07, 6.45) is 3.66. The fraction of sp³-hybridized carbons (Fsp3) is 0.500. The summed E-state index contributed by atoms with van der Waals surface area (Å²) in [5, 5.41) is 10.5. The molecule has 2 aromatic rings. The molecule has 7 nitrogen and oxygen atoms in total. The van der Waals surface area contributed by atoms with Crippen molar-refractivity contribution in [2.75, 3.05) is 45.8 Å². The van der Waals surface area contributed by atoms with E-state index in [0.29, 0.717) is 13.0 Å². The van der Waals surface area contributed by atoms with Crippen LogP contribution in [0.25, 0.3) is 11.3 Å². The Kier molecular flexibility index (Phi) is 7.62. The number of hydrogen-bond acceptors (Lipinski definition) is 6. The van der Waals surface area contributed by atoms with Crippen LogP contribution in [0.2, 0.25) is 0 Å². The number of likely N-dealkylation sites (N-methyl/N-ethyl adjacent to an activating group) is 2. The van der Waals surface area contributed by atoms with Gasteiger partial charge in [-0.2, -0.15) is 5.10 Å². The lowest BCUT2D eigenvalue weighted by atomic mass is 10.1. The predicted octanol–water partition coefficient (Wildman–Crippen LogP) is 1.54. The van der Waals surface area contributed by atoms with Crippen molar-refractivity contribution in [3.63, 3.8) is 0 Å². The van der Waals surface area contributed by atoms with E-state index in [-0.39, 0.29) is 5.75 Å². The second kappa shape index (κ2) is 9.70. The highest BCUT2D eigenvalue weighted by molar-refractivity contribution is 7.90. The van der Waals surface area contributed by atoms with Crippen molar-refractivity contribution in [3.05, 3.63) is 36.0 Å². The summed E-state index contributed by atoms with van der Waals surface area (Å²) in [4.78, 5) is 2.24. The summed E-state index contributed by atoms with van der Waals surface area (Å²) < 4.78 is 27.8.